The molecule has 0 saturated heterocycles. The Morgan fingerprint density at radius 3 is 2.52 bits per heavy atom. The van der Waals surface area contributed by atoms with Crippen molar-refractivity contribution in [2.45, 2.75) is 11.1 Å². The number of nitrogens with zero attached hydrogens (tertiary/aromatic N) is 1. The molecule has 0 spiro atoms. The van der Waals surface area contributed by atoms with Crippen LogP contribution < -0.4 is 10.6 Å². The van der Waals surface area contributed by atoms with Crippen LogP contribution in [0.25, 0.3) is 0 Å². The molecular formula is C16H14F3N3O4S. The average molecular weight is 401 g/mol. The van der Waals surface area contributed by atoms with Crippen LogP contribution in [0, 0.1) is 10.1 Å². The molecule has 27 heavy (non-hydrogen) atoms. The van der Waals surface area contributed by atoms with E-state index in [9.17, 15) is 32.3 Å². The second kappa shape index (κ2) is 8.16. The number of amides is 1. The van der Waals surface area contributed by atoms with Crippen molar-refractivity contribution in [2.75, 3.05) is 23.4 Å². The number of anilines is 2. The van der Waals surface area contributed by atoms with Crippen LogP contribution in [0.5, 0.6) is 0 Å². The zero-order chi connectivity index (χ0) is 20.2. The molecule has 11 heteroatoms. The molecule has 1 amide bonds. The molecule has 0 saturated carbocycles. The van der Waals surface area contributed by atoms with E-state index in [0.717, 1.165) is 24.3 Å². The lowest BCUT2D eigenvalue weighted by molar-refractivity contribution is -0.384. The Morgan fingerprint density at radius 1 is 1.22 bits per heavy atom. The number of carbonyl (C=O) groups is 1. The average Bonchev–Trinajstić information content (AvgIpc) is 2.59. The van der Waals surface area contributed by atoms with Gasteiger partial charge in [0.2, 0.25) is 5.91 Å². The van der Waals surface area contributed by atoms with Gasteiger partial charge in [0.15, 0.2) is 0 Å². The van der Waals surface area contributed by atoms with Gasteiger partial charge in [-0.25, -0.2) is 0 Å². The van der Waals surface area contributed by atoms with E-state index in [-0.39, 0.29) is 22.0 Å². The van der Waals surface area contributed by atoms with Gasteiger partial charge >= 0.3 is 6.18 Å². The van der Waals surface area contributed by atoms with Gasteiger partial charge in [0, 0.05) is 22.9 Å². The molecule has 0 heterocycles. The van der Waals surface area contributed by atoms with Crippen LogP contribution in [0.15, 0.2) is 47.4 Å². The van der Waals surface area contributed by atoms with E-state index in [1.807, 2.05) is 0 Å². The van der Waals surface area contributed by atoms with Crippen molar-refractivity contribution in [3.8, 4) is 0 Å². The molecule has 0 radical (unpaired) electrons. The van der Waals surface area contributed by atoms with Crippen LogP contribution in [0.1, 0.15) is 5.56 Å². The van der Waals surface area contributed by atoms with Crippen LogP contribution in [0.4, 0.5) is 30.2 Å². The van der Waals surface area contributed by atoms with Crippen LogP contribution in [0.2, 0.25) is 0 Å². The number of alkyl halides is 3. The SMILES string of the molecule is C[S@](=O)c1ccc(NCC(=O)Nc2cccc(C(F)(F)F)c2)c([N+](=O)[O-])c1. The number of nitro benzene ring substituents is 1. The fourth-order valence-corrected chi connectivity index (χ4v) is 2.68. The summed E-state index contributed by atoms with van der Waals surface area (Å²) in [7, 11) is -1.42. The number of halogens is 3. The first-order valence-corrected chi connectivity index (χ1v) is 8.96. The van der Waals surface area contributed by atoms with Crippen LogP contribution in [-0.4, -0.2) is 27.8 Å². The molecule has 0 fully saturated rings. The standard InChI is InChI=1S/C16H14F3N3O4S/c1-27(26)12-5-6-13(14(8-12)22(24)25)20-9-15(23)21-11-4-2-3-10(7-11)16(17,18)19/h2-8,20H,9H2,1H3,(H,21,23)/t27-/m0/s1. The maximum atomic E-state index is 12.7. The summed E-state index contributed by atoms with van der Waals surface area (Å²) in [4.78, 5) is 22.6. The summed E-state index contributed by atoms with van der Waals surface area (Å²) in [6.45, 7) is -0.411. The molecule has 0 aromatic heterocycles. The van der Waals surface area contributed by atoms with Gasteiger partial charge in [-0.15, -0.1) is 0 Å². The minimum atomic E-state index is -4.54. The summed E-state index contributed by atoms with van der Waals surface area (Å²) in [5, 5.41) is 16.0. The van der Waals surface area contributed by atoms with Gasteiger partial charge in [-0.2, -0.15) is 13.2 Å². The van der Waals surface area contributed by atoms with Crippen molar-refractivity contribution in [1.29, 1.82) is 0 Å². The second-order valence-electron chi connectivity index (χ2n) is 5.37. The number of hydrogen-bond acceptors (Lipinski definition) is 5. The lowest BCUT2D eigenvalue weighted by atomic mass is 10.2. The first-order valence-electron chi connectivity index (χ1n) is 7.41. The van der Waals surface area contributed by atoms with Crippen LogP contribution in [0.3, 0.4) is 0 Å². The quantitative estimate of drug-likeness (QED) is 0.571. The number of rotatable bonds is 6. The third-order valence-corrected chi connectivity index (χ3v) is 4.33. The van der Waals surface area contributed by atoms with E-state index in [1.54, 1.807) is 0 Å². The second-order valence-corrected chi connectivity index (χ2v) is 6.75. The molecule has 7 nitrogen and oxygen atoms in total. The maximum Gasteiger partial charge on any atom is 0.416 e. The van der Waals surface area contributed by atoms with Gasteiger partial charge in [0.1, 0.15) is 5.69 Å². The number of hydrogen-bond donors (Lipinski definition) is 2. The van der Waals surface area contributed by atoms with Crippen molar-refractivity contribution >= 4 is 33.8 Å². The molecule has 1 atom stereocenters. The van der Waals surface area contributed by atoms with E-state index < -0.39 is 39.9 Å². The molecule has 0 unspecified atom stereocenters. The van der Waals surface area contributed by atoms with Crippen LogP contribution >= 0.6 is 0 Å². The number of nitro groups is 1. The number of carbonyl (C=O) groups excluding carboxylic acids is 1. The summed E-state index contributed by atoms with van der Waals surface area (Å²) in [6, 6.07) is 7.95. The molecular weight excluding hydrogens is 387 g/mol. The summed E-state index contributed by atoms with van der Waals surface area (Å²) in [5.41, 5.74) is -1.31. The van der Waals surface area contributed by atoms with E-state index in [2.05, 4.69) is 10.6 Å². The largest absolute Gasteiger partial charge is 0.416 e. The van der Waals surface area contributed by atoms with Gasteiger partial charge in [-0.1, -0.05) is 6.07 Å². The van der Waals surface area contributed by atoms with E-state index in [4.69, 9.17) is 0 Å². The fourth-order valence-electron chi connectivity index (χ4n) is 2.14. The molecule has 2 aromatic rings. The van der Waals surface area contributed by atoms with Crippen molar-refractivity contribution in [3.05, 3.63) is 58.1 Å². The summed E-state index contributed by atoms with van der Waals surface area (Å²) in [6.07, 6.45) is -3.17. The summed E-state index contributed by atoms with van der Waals surface area (Å²) < 4.78 is 49.4. The molecule has 2 rings (SSSR count). The van der Waals surface area contributed by atoms with Gasteiger partial charge in [-0.05, 0) is 30.3 Å². The lowest BCUT2D eigenvalue weighted by Crippen LogP contribution is -2.22. The Kier molecular flexibility index (Phi) is 6.16. The molecule has 2 N–H and O–H groups in total. The van der Waals surface area contributed by atoms with Crippen molar-refractivity contribution in [3.63, 3.8) is 0 Å². The third-order valence-electron chi connectivity index (χ3n) is 3.41. The first kappa shape index (κ1) is 20.4. The lowest BCUT2D eigenvalue weighted by Gasteiger charge is -2.11. The Labute approximate surface area is 154 Å². The van der Waals surface area contributed by atoms with Gasteiger partial charge < -0.3 is 10.6 Å². The van der Waals surface area contributed by atoms with Crippen molar-refractivity contribution < 1.29 is 27.1 Å². The monoisotopic (exact) mass is 401 g/mol. The highest BCUT2D eigenvalue weighted by Crippen LogP contribution is 2.30. The van der Waals surface area contributed by atoms with Crippen LogP contribution in [-0.2, 0) is 21.8 Å². The third kappa shape index (κ3) is 5.51. The molecule has 0 aliphatic heterocycles. The molecule has 0 aliphatic carbocycles. The highest BCUT2D eigenvalue weighted by Gasteiger charge is 2.30. The van der Waals surface area contributed by atoms with E-state index in [1.165, 1.54) is 24.5 Å². The van der Waals surface area contributed by atoms with Gasteiger partial charge in [0.05, 0.1) is 27.8 Å². The normalized spacial score (nSPS) is 12.3. The summed E-state index contributed by atoms with van der Waals surface area (Å²) >= 11 is 0. The number of benzene rings is 2. The number of nitrogens with one attached hydrogen (secondary N) is 2. The Morgan fingerprint density at radius 2 is 1.93 bits per heavy atom. The predicted octanol–water partition coefficient (Wildman–Crippen LogP) is 3.40. The highest BCUT2D eigenvalue weighted by molar-refractivity contribution is 7.84. The zero-order valence-electron chi connectivity index (χ0n) is 13.9. The Bertz CT molecular complexity index is 903. The zero-order valence-corrected chi connectivity index (χ0v) is 14.7. The highest BCUT2D eigenvalue weighted by atomic mass is 32.2. The van der Waals surface area contributed by atoms with E-state index in [0.29, 0.717) is 0 Å². The van der Waals surface area contributed by atoms with Gasteiger partial charge in [-0.3, -0.25) is 19.1 Å². The molecule has 2 aromatic carbocycles. The smallest absolute Gasteiger partial charge is 0.371 e. The molecule has 144 valence electrons. The summed E-state index contributed by atoms with van der Waals surface area (Å²) in [5.74, 6) is -0.688. The van der Waals surface area contributed by atoms with E-state index >= 15 is 0 Å². The topological polar surface area (TPSA) is 101 Å². The molecule has 0 bridgehead atoms. The van der Waals surface area contributed by atoms with Crippen molar-refractivity contribution in [2.24, 2.45) is 0 Å². The predicted molar refractivity (Wildman–Crippen MR) is 94.0 cm³/mol. The minimum absolute atomic E-state index is 0.0217. The fraction of sp³-hybridized carbons (Fsp3) is 0.188. The van der Waals surface area contributed by atoms with Gasteiger partial charge in [0.25, 0.3) is 5.69 Å². The Balaban J connectivity index is 2.08. The maximum absolute atomic E-state index is 12.7. The molecule has 0 aliphatic rings. The van der Waals surface area contributed by atoms with Crippen molar-refractivity contribution in [1.82, 2.24) is 0 Å². The first-order chi connectivity index (χ1) is 12.6. The Hall–Kier alpha value is -2.95. The minimum Gasteiger partial charge on any atom is -0.371 e.